The number of nitrogens with two attached hydrogens (primary N) is 1. The number of aromatic nitrogens is 1. The van der Waals surface area contributed by atoms with Crippen LogP contribution in [0.25, 0.3) is 0 Å². The fourth-order valence-electron chi connectivity index (χ4n) is 1.52. The zero-order chi connectivity index (χ0) is 11.3. The molecule has 0 saturated heterocycles. The van der Waals surface area contributed by atoms with Crippen LogP contribution >= 0.6 is 0 Å². The van der Waals surface area contributed by atoms with Crippen LogP contribution in [0.3, 0.4) is 0 Å². The summed E-state index contributed by atoms with van der Waals surface area (Å²) in [7, 11) is 0. The highest BCUT2D eigenvalue weighted by Crippen LogP contribution is 2.19. The largest absolute Gasteiger partial charge is 0.271 e. The van der Waals surface area contributed by atoms with E-state index in [1.54, 1.807) is 0 Å². The lowest BCUT2D eigenvalue weighted by Crippen LogP contribution is -2.28. The molecule has 0 aliphatic heterocycles. The number of hydrazine groups is 1. The van der Waals surface area contributed by atoms with Crippen molar-refractivity contribution in [2.75, 3.05) is 0 Å². The van der Waals surface area contributed by atoms with Gasteiger partial charge in [-0.3, -0.25) is 16.3 Å². The van der Waals surface area contributed by atoms with E-state index in [0.717, 1.165) is 18.5 Å². The van der Waals surface area contributed by atoms with Gasteiger partial charge < -0.3 is 0 Å². The highest BCUT2D eigenvalue weighted by molar-refractivity contribution is 5.19. The van der Waals surface area contributed by atoms with Gasteiger partial charge in [0.2, 0.25) is 0 Å². The molecule has 82 valence electrons. The molecule has 3 N–H and O–H groups in total. The normalized spacial score (nSPS) is 12.5. The Morgan fingerprint density at radius 3 is 2.93 bits per heavy atom. The van der Waals surface area contributed by atoms with E-state index in [1.165, 1.54) is 11.1 Å². The summed E-state index contributed by atoms with van der Waals surface area (Å²) in [5, 5.41) is 0. The molecule has 3 heteroatoms. The number of aryl methyl sites for hydroxylation is 1. The van der Waals surface area contributed by atoms with Crippen LogP contribution in [0.5, 0.6) is 0 Å². The number of pyridine rings is 1. The predicted octanol–water partition coefficient (Wildman–Crippen LogP) is 2.25. The summed E-state index contributed by atoms with van der Waals surface area (Å²) < 4.78 is 0. The first kappa shape index (κ1) is 11.9. The summed E-state index contributed by atoms with van der Waals surface area (Å²) in [5.74, 6) is 5.54. The molecule has 1 rings (SSSR count). The van der Waals surface area contributed by atoms with Crippen molar-refractivity contribution < 1.29 is 0 Å². The predicted molar refractivity (Wildman–Crippen MR) is 63.1 cm³/mol. The fourth-order valence-corrected chi connectivity index (χ4v) is 1.52. The van der Waals surface area contributed by atoms with Gasteiger partial charge in [-0.15, -0.1) is 6.58 Å². The molecule has 0 bridgehead atoms. The minimum Gasteiger partial charge on any atom is -0.271 e. The Kier molecular flexibility index (Phi) is 4.46. The van der Waals surface area contributed by atoms with Crippen LogP contribution in [0.15, 0.2) is 30.5 Å². The van der Waals surface area contributed by atoms with Crippen molar-refractivity contribution in [2.24, 2.45) is 5.84 Å². The molecule has 15 heavy (non-hydrogen) atoms. The van der Waals surface area contributed by atoms with Gasteiger partial charge in [-0.25, -0.2) is 0 Å². The topological polar surface area (TPSA) is 50.9 Å². The van der Waals surface area contributed by atoms with Crippen LogP contribution in [0, 0.1) is 6.92 Å². The molecule has 0 aliphatic rings. The summed E-state index contributed by atoms with van der Waals surface area (Å²) in [6, 6.07) is 4.24. The quantitative estimate of drug-likeness (QED) is 0.440. The number of hydrogen-bond acceptors (Lipinski definition) is 3. The third kappa shape index (κ3) is 3.81. The molecule has 0 radical (unpaired) electrons. The molecule has 0 saturated carbocycles. The SMILES string of the molecule is C=C(C)CCC(NN)c1ccnc(C)c1. The van der Waals surface area contributed by atoms with Gasteiger partial charge in [-0.05, 0) is 44.4 Å². The second-order valence-corrected chi connectivity index (χ2v) is 3.95. The smallest absolute Gasteiger partial charge is 0.0464 e. The highest BCUT2D eigenvalue weighted by atomic mass is 15.2. The van der Waals surface area contributed by atoms with Crippen LogP contribution < -0.4 is 11.3 Å². The van der Waals surface area contributed by atoms with Crippen molar-refractivity contribution in [3.05, 3.63) is 41.7 Å². The summed E-state index contributed by atoms with van der Waals surface area (Å²) in [6.07, 6.45) is 3.77. The average molecular weight is 205 g/mol. The van der Waals surface area contributed by atoms with Crippen molar-refractivity contribution in [1.29, 1.82) is 0 Å². The van der Waals surface area contributed by atoms with E-state index in [9.17, 15) is 0 Å². The third-order valence-corrected chi connectivity index (χ3v) is 2.38. The van der Waals surface area contributed by atoms with Crippen molar-refractivity contribution in [3.63, 3.8) is 0 Å². The molecule has 0 spiro atoms. The summed E-state index contributed by atoms with van der Waals surface area (Å²) >= 11 is 0. The molecule has 0 fully saturated rings. The molecular formula is C12H19N3. The first-order valence-electron chi connectivity index (χ1n) is 5.16. The third-order valence-electron chi connectivity index (χ3n) is 2.38. The first-order chi connectivity index (χ1) is 7.13. The van der Waals surface area contributed by atoms with Gasteiger partial charge >= 0.3 is 0 Å². The molecule has 1 aromatic rings. The molecule has 0 amide bonds. The zero-order valence-electron chi connectivity index (χ0n) is 9.46. The maximum Gasteiger partial charge on any atom is 0.0464 e. The van der Waals surface area contributed by atoms with Crippen molar-refractivity contribution in [2.45, 2.75) is 32.7 Å². The first-order valence-corrected chi connectivity index (χ1v) is 5.16. The lowest BCUT2D eigenvalue weighted by molar-refractivity contribution is 0.515. The lowest BCUT2D eigenvalue weighted by atomic mass is 10.0. The fraction of sp³-hybridized carbons (Fsp3) is 0.417. The van der Waals surface area contributed by atoms with E-state index >= 15 is 0 Å². The Balaban J connectivity index is 2.69. The monoisotopic (exact) mass is 205 g/mol. The number of nitrogens with zero attached hydrogens (tertiary/aromatic N) is 1. The molecule has 3 nitrogen and oxygen atoms in total. The minimum atomic E-state index is 0.184. The van der Waals surface area contributed by atoms with Crippen LogP contribution in [0.4, 0.5) is 0 Å². The maximum atomic E-state index is 5.54. The van der Waals surface area contributed by atoms with E-state index in [2.05, 4.69) is 23.1 Å². The molecule has 1 heterocycles. The Morgan fingerprint density at radius 2 is 2.40 bits per heavy atom. The minimum absolute atomic E-state index is 0.184. The molecule has 0 aromatic carbocycles. The van der Waals surface area contributed by atoms with Gasteiger partial charge in [0.1, 0.15) is 0 Å². The number of hydrogen-bond donors (Lipinski definition) is 2. The van der Waals surface area contributed by atoms with Gasteiger partial charge in [-0.1, -0.05) is 5.57 Å². The van der Waals surface area contributed by atoms with Crippen LogP contribution in [-0.4, -0.2) is 4.98 Å². The van der Waals surface area contributed by atoms with Crippen molar-refractivity contribution in [3.8, 4) is 0 Å². The number of nitrogens with one attached hydrogen (secondary N) is 1. The highest BCUT2D eigenvalue weighted by Gasteiger charge is 2.09. The van der Waals surface area contributed by atoms with E-state index < -0.39 is 0 Å². The van der Waals surface area contributed by atoms with E-state index in [1.807, 2.05) is 26.1 Å². The Bertz CT molecular complexity index is 333. The van der Waals surface area contributed by atoms with Gasteiger partial charge in [0.05, 0.1) is 0 Å². The summed E-state index contributed by atoms with van der Waals surface area (Å²) in [4.78, 5) is 4.17. The van der Waals surface area contributed by atoms with E-state index in [-0.39, 0.29) is 6.04 Å². The lowest BCUT2D eigenvalue weighted by Gasteiger charge is -2.16. The maximum absolute atomic E-state index is 5.54. The molecule has 0 aliphatic carbocycles. The van der Waals surface area contributed by atoms with Crippen LogP contribution in [0.1, 0.15) is 37.1 Å². The van der Waals surface area contributed by atoms with Gasteiger partial charge in [0, 0.05) is 17.9 Å². The molecule has 1 atom stereocenters. The molecule has 1 aromatic heterocycles. The standard InChI is InChI=1S/C12H19N3/c1-9(2)4-5-12(15-13)11-6-7-14-10(3)8-11/h6-8,12,15H,1,4-5,13H2,2-3H3. The molecular weight excluding hydrogens is 186 g/mol. The molecule has 1 unspecified atom stereocenters. The summed E-state index contributed by atoms with van der Waals surface area (Å²) in [6.45, 7) is 7.91. The Labute approximate surface area is 91.4 Å². The second kappa shape index (κ2) is 5.63. The van der Waals surface area contributed by atoms with Gasteiger partial charge in [-0.2, -0.15) is 0 Å². The number of allylic oxidation sites excluding steroid dienone is 1. The van der Waals surface area contributed by atoms with Crippen molar-refractivity contribution in [1.82, 2.24) is 10.4 Å². The number of rotatable bonds is 5. The van der Waals surface area contributed by atoms with Crippen LogP contribution in [0.2, 0.25) is 0 Å². The van der Waals surface area contributed by atoms with Crippen molar-refractivity contribution >= 4 is 0 Å². The summed E-state index contributed by atoms with van der Waals surface area (Å²) in [5.41, 5.74) is 6.22. The van der Waals surface area contributed by atoms with E-state index in [0.29, 0.717) is 0 Å². The Morgan fingerprint density at radius 1 is 1.67 bits per heavy atom. The van der Waals surface area contributed by atoms with E-state index in [4.69, 9.17) is 5.84 Å². The van der Waals surface area contributed by atoms with Crippen LogP contribution in [-0.2, 0) is 0 Å². The second-order valence-electron chi connectivity index (χ2n) is 3.95. The average Bonchev–Trinajstić information content (AvgIpc) is 2.18. The van der Waals surface area contributed by atoms with Gasteiger partial charge in [0.25, 0.3) is 0 Å². The zero-order valence-corrected chi connectivity index (χ0v) is 9.46. The van der Waals surface area contributed by atoms with Gasteiger partial charge in [0.15, 0.2) is 0 Å². The Hall–Kier alpha value is -1.19.